The molecule has 0 fully saturated rings. The van der Waals surface area contributed by atoms with Gasteiger partial charge in [0.15, 0.2) is 11.6 Å². The summed E-state index contributed by atoms with van der Waals surface area (Å²) in [4.78, 5) is 1.96. The maximum absolute atomic E-state index is 13.6. The fraction of sp³-hybridized carbons (Fsp3) is 0.200. The summed E-state index contributed by atoms with van der Waals surface area (Å²) in [6.07, 6.45) is 0. The average Bonchev–Trinajstić information content (AvgIpc) is 2.41. The topological polar surface area (TPSA) is 38.5 Å². The molecule has 0 bridgehead atoms. The summed E-state index contributed by atoms with van der Waals surface area (Å²) in [6, 6.07) is 10.8. The molecule has 0 aliphatic rings. The predicted molar refractivity (Wildman–Crippen MR) is 83.6 cm³/mol. The Balaban J connectivity index is 2.30. The van der Waals surface area contributed by atoms with Gasteiger partial charge in [0, 0.05) is 30.2 Å². The fourth-order valence-corrected chi connectivity index (χ4v) is 2.42. The Labute approximate surface area is 126 Å². The van der Waals surface area contributed by atoms with Gasteiger partial charge in [-0.05, 0) is 11.6 Å². The molecule has 20 heavy (non-hydrogen) atoms. The number of benzene rings is 2. The first-order valence-electron chi connectivity index (χ1n) is 6.10. The molecular weight excluding hydrogens is 323 g/mol. The smallest absolute Gasteiger partial charge is 0.167 e. The van der Waals surface area contributed by atoms with Crippen molar-refractivity contribution in [2.24, 2.45) is 0 Å². The minimum Gasteiger partial charge on any atom is -0.494 e. The number of nitrogens with zero attached hydrogens (tertiary/aromatic N) is 1. The van der Waals surface area contributed by atoms with Crippen LogP contribution in [0.15, 0.2) is 40.9 Å². The van der Waals surface area contributed by atoms with Gasteiger partial charge in [0.25, 0.3) is 0 Å². The first-order valence-corrected chi connectivity index (χ1v) is 6.89. The van der Waals surface area contributed by atoms with Crippen molar-refractivity contribution in [3.63, 3.8) is 0 Å². The van der Waals surface area contributed by atoms with Gasteiger partial charge in [-0.3, -0.25) is 0 Å². The highest BCUT2D eigenvalue weighted by molar-refractivity contribution is 9.10. The maximum Gasteiger partial charge on any atom is 0.167 e. The molecule has 0 unspecified atom stereocenters. The molecule has 0 spiro atoms. The van der Waals surface area contributed by atoms with Crippen LogP contribution in [0.4, 0.5) is 15.8 Å². The zero-order valence-electron chi connectivity index (χ0n) is 11.4. The number of rotatable bonds is 4. The lowest BCUT2D eigenvalue weighted by atomic mass is 10.2. The molecule has 2 N–H and O–H groups in total. The molecule has 2 aromatic rings. The van der Waals surface area contributed by atoms with Crippen molar-refractivity contribution in [2.75, 3.05) is 24.8 Å². The van der Waals surface area contributed by atoms with Crippen molar-refractivity contribution < 1.29 is 9.13 Å². The number of halogens is 2. The van der Waals surface area contributed by atoms with Gasteiger partial charge in [-0.2, -0.15) is 0 Å². The first kappa shape index (κ1) is 14.7. The molecule has 0 saturated carbocycles. The van der Waals surface area contributed by atoms with E-state index in [1.165, 1.54) is 13.2 Å². The molecule has 0 aliphatic heterocycles. The van der Waals surface area contributed by atoms with E-state index < -0.39 is 5.82 Å². The van der Waals surface area contributed by atoms with Gasteiger partial charge >= 0.3 is 0 Å². The largest absolute Gasteiger partial charge is 0.494 e. The number of hydrogen-bond acceptors (Lipinski definition) is 3. The summed E-state index contributed by atoms with van der Waals surface area (Å²) in [5.41, 5.74) is 8.13. The first-order chi connectivity index (χ1) is 9.52. The lowest BCUT2D eigenvalue weighted by molar-refractivity contribution is 0.387. The minimum absolute atomic E-state index is 0.188. The number of nitrogen functional groups attached to an aromatic ring is 1. The van der Waals surface area contributed by atoms with E-state index in [-0.39, 0.29) is 5.75 Å². The van der Waals surface area contributed by atoms with Crippen LogP contribution < -0.4 is 15.4 Å². The van der Waals surface area contributed by atoms with Crippen molar-refractivity contribution in [3.8, 4) is 5.75 Å². The number of ether oxygens (including phenoxy) is 1. The molecule has 2 rings (SSSR count). The van der Waals surface area contributed by atoms with Crippen LogP contribution in [0.25, 0.3) is 0 Å². The Kier molecular flexibility index (Phi) is 4.49. The third-order valence-corrected chi connectivity index (χ3v) is 3.85. The van der Waals surface area contributed by atoms with Crippen LogP contribution in [-0.4, -0.2) is 14.2 Å². The Morgan fingerprint density at radius 1 is 1.30 bits per heavy atom. The molecule has 0 amide bonds. The van der Waals surface area contributed by atoms with Crippen molar-refractivity contribution in [1.82, 2.24) is 0 Å². The molecule has 106 valence electrons. The Morgan fingerprint density at radius 2 is 2.00 bits per heavy atom. The number of anilines is 2. The van der Waals surface area contributed by atoms with Crippen LogP contribution in [0, 0.1) is 5.82 Å². The summed E-state index contributed by atoms with van der Waals surface area (Å²) in [6.45, 7) is 0.653. The Hall–Kier alpha value is -1.75. The van der Waals surface area contributed by atoms with Gasteiger partial charge in [-0.15, -0.1) is 0 Å². The van der Waals surface area contributed by atoms with Crippen LogP contribution in [-0.2, 0) is 6.54 Å². The number of nitrogens with two attached hydrogens (primary N) is 1. The quantitative estimate of drug-likeness (QED) is 0.861. The second-order valence-electron chi connectivity index (χ2n) is 4.49. The van der Waals surface area contributed by atoms with Crippen LogP contribution in [0.2, 0.25) is 0 Å². The molecule has 0 radical (unpaired) electrons. The maximum atomic E-state index is 13.6. The van der Waals surface area contributed by atoms with E-state index in [2.05, 4.69) is 15.9 Å². The number of hydrogen-bond donors (Lipinski definition) is 1. The number of methoxy groups -OCH3 is 1. The summed E-state index contributed by atoms with van der Waals surface area (Å²) < 4.78 is 19.6. The summed E-state index contributed by atoms with van der Waals surface area (Å²) in [7, 11) is 3.34. The van der Waals surface area contributed by atoms with E-state index in [1.54, 1.807) is 6.07 Å². The van der Waals surface area contributed by atoms with E-state index in [1.807, 2.05) is 36.2 Å². The van der Waals surface area contributed by atoms with E-state index in [0.29, 0.717) is 12.2 Å². The highest BCUT2D eigenvalue weighted by atomic mass is 79.9. The van der Waals surface area contributed by atoms with Gasteiger partial charge in [0.05, 0.1) is 18.5 Å². The SMILES string of the molecule is COc1cc(N(C)Cc2ccccc2Br)c(N)cc1F. The minimum atomic E-state index is -0.456. The highest BCUT2D eigenvalue weighted by Gasteiger charge is 2.13. The normalized spacial score (nSPS) is 10.4. The van der Waals surface area contributed by atoms with Crippen molar-refractivity contribution >= 4 is 27.3 Å². The van der Waals surface area contributed by atoms with Crippen molar-refractivity contribution in [2.45, 2.75) is 6.54 Å². The van der Waals surface area contributed by atoms with E-state index in [0.717, 1.165) is 15.7 Å². The second-order valence-corrected chi connectivity index (χ2v) is 5.35. The van der Waals surface area contributed by atoms with Crippen LogP contribution in [0.5, 0.6) is 5.75 Å². The zero-order chi connectivity index (χ0) is 14.7. The summed E-state index contributed by atoms with van der Waals surface area (Å²) >= 11 is 3.51. The molecule has 0 heterocycles. The van der Waals surface area contributed by atoms with Crippen molar-refractivity contribution in [3.05, 3.63) is 52.3 Å². The average molecular weight is 339 g/mol. The standard InChI is InChI=1S/C15H16BrFN2O/c1-19(9-10-5-3-4-6-11(10)16)14-8-15(20-2)12(17)7-13(14)18/h3-8H,9,18H2,1-2H3. The molecule has 0 saturated heterocycles. The molecule has 2 aromatic carbocycles. The molecule has 0 atom stereocenters. The molecule has 0 aromatic heterocycles. The predicted octanol–water partition coefficient (Wildman–Crippen LogP) is 3.82. The van der Waals surface area contributed by atoms with Crippen molar-refractivity contribution in [1.29, 1.82) is 0 Å². The summed E-state index contributed by atoms with van der Waals surface area (Å²) in [5.74, 6) is -0.267. The Morgan fingerprint density at radius 3 is 2.65 bits per heavy atom. The Bertz CT molecular complexity index is 619. The molecular formula is C15H16BrFN2O. The van der Waals surface area contributed by atoms with Crippen LogP contribution in [0.1, 0.15) is 5.56 Å². The van der Waals surface area contributed by atoms with Gasteiger partial charge in [0.1, 0.15) is 0 Å². The van der Waals surface area contributed by atoms with E-state index >= 15 is 0 Å². The molecule has 3 nitrogen and oxygen atoms in total. The monoisotopic (exact) mass is 338 g/mol. The molecule has 5 heteroatoms. The zero-order valence-corrected chi connectivity index (χ0v) is 12.9. The van der Waals surface area contributed by atoms with E-state index in [9.17, 15) is 4.39 Å². The van der Waals surface area contributed by atoms with Gasteiger partial charge < -0.3 is 15.4 Å². The molecule has 0 aliphatic carbocycles. The lowest BCUT2D eigenvalue weighted by Gasteiger charge is -2.22. The fourth-order valence-electron chi connectivity index (χ4n) is 2.01. The van der Waals surface area contributed by atoms with E-state index in [4.69, 9.17) is 10.5 Å². The lowest BCUT2D eigenvalue weighted by Crippen LogP contribution is -2.18. The van der Waals surface area contributed by atoms with Crippen LogP contribution in [0.3, 0.4) is 0 Å². The van der Waals surface area contributed by atoms with Gasteiger partial charge in [0.2, 0.25) is 0 Å². The van der Waals surface area contributed by atoms with Gasteiger partial charge in [-0.1, -0.05) is 34.1 Å². The highest BCUT2D eigenvalue weighted by Crippen LogP contribution is 2.31. The van der Waals surface area contributed by atoms with Gasteiger partial charge in [-0.25, -0.2) is 4.39 Å². The second kappa shape index (κ2) is 6.13. The summed E-state index contributed by atoms with van der Waals surface area (Å²) in [5, 5.41) is 0. The van der Waals surface area contributed by atoms with Crippen LogP contribution >= 0.6 is 15.9 Å². The third-order valence-electron chi connectivity index (χ3n) is 3.08. The third kappa shape index (κ3) is 3.04.